The molecule has 88 valence electrons. The fourth-order valence-corrected chi connectivity index (χ4v) is 1.05. The summed E-state index contributed by atoms with van der Waals surface area (Å²) >= 11 is 0. The zero-order valence-corrected chi connectivity index (χ0v) is 14.5. The molecule has 0 bridgehead atoms. The molecule has 0 amide bonds. The second-order valence-electron chi connectivity index (χ2n) is 2.84. The predicted octanol–water partition coefficient (Wildman–Crippen LogP) is -1.90. The Bertz CT molecular complexity index is 323. The second-order valence-corrected chi connectivity index (χ2v) is 2.84. The van der Waals surface area contributed by atoms with Crippen molar-refractivity contribution in [2.24, 2.45) is 0 Å². The molecule has 0 fully saturated rings. The van der Waals surface area contributed by atoms with Gasteiger partial charge in [0.2, 0.25) is 0 Å². The molecule has 2 aromatic rings. The Morgan fingerprint density at radius 1 is 0.647 bits per heavy atom. The fourth-order valence-electron chi connectivity index (χ4n) is 1.05. The van der Waals surface area contributed by atoms with Gasteiger partial charge in [0.05, 0.1) is 0 Å². The van der Waals surface area contributed by atoms with Crippen LogP contribution in [0, 0.1) is 0 Å². The van der Waals surface area contributed by atoms with E-state index < -0.39 is 0 Å². The van der Waals surface area contributed by atoms with Crippen molar-refractivity contribution in [3.05, 3.63) is 72.8 Å². The smallest absolute Gasteiger partial charge is 1.00 e. The van der Waals surface area contributed by atoms with Crippen LogP contribution in [0.2, 0.25) is 0 Å². The van der Waals surface area contributed by atoms with Crippen molar-refractivity contribution in [2.75, 3.05) is 0 Å². The molecule has 3 heteroatoms. The summed E-state index contributed by atoms with van der Waals surface area (Å²) in [5.41, 5.74) is 2.39. The molecule has 0 spiro atoms. The molecule has 0 aromatic heterocycles. The Morgan fingerprint density at radius 2 is 0.882 bits per heavy atom. The van der Waals surface area contributed by atoms with Crippen LogP contribution in [0.3, 0.4) is 0 Å². The van der Waals surface area contributed by atoms with Gasteiger partial charge in [0.1, 0.15) is 0 Å². The standard InChI is InChI=1S/2C7H7.2ClH.Hf/c2*1-2-7-5-3-4-6-7;;;/h2*2-6H,1H2;2*1H;/q2*-1;;;+4/p-2. The van der Waals surface area contributed by atoms with E-state index >= 15 is 0 Å². The first-order valence-electron chi connectivity index (χ1n) is 4.55. The van der Waals surface area contributed by atoms with Gasteiger partial charge < -0.3 is 24.8 Å². The average molecular weight is 432 g/mol. The van der Waals surface area contributed by atoms with Crippen molar-refractivity contribution in [3.63, 3.8) is 0 Å². The zero-order valence-electron chi connectivity index (χ0n) is 9.44. The van der Waals surface area contributed by atoms with Crippen molar-refractivity contribution in [1.29, 1.82) is 0 Å². The topological polar surface area (TPSA) is 0 Å². The van der Waals surface area contributed by atoms with E-state index in [2.05, 4.69) is 13.2 Å². The van der Waals surface area contributed by atoms with E-state index in [4.69, 9.17) is 0 Å². The van der Waals surface area contributed by atoms with Crippen molar-refractivity contribution in [1.82, 2.24) is 0 Å². The average Bonchev–Trinajstić information content (AvgIpc) is 2.92. The van der Waals surface area contributed by atoms with Gasteiger partial charge in [0, 0.05) is 0 Å². The normalized spacial score (nSPS) is 7.06. The molecule has 0 N–H and O–H groups in total. The molecule has 2 rings (SSSR count). The molecule has 0 saturated heterocycles. The fraction of sp³-hybridized carbons (Fsp3) is 0. The monoisotopic (exact) mass is 432 g/mol. The molecular formula is C14H14Cl2Hf. The SMILES string of the molecule is C=C[c-]1cccc1.C=C[c-]1cccc1.[Cl-].[Cl-].[Hf+4]. The third-order valence-electron chi connectivity index (χ3n) is 1.85. The minimum atomic E-state index is 0. The van der Waals surface area contributed by atoms with Gasteiger partial charge >= 0.3 is 25.8 Å². The number of hydrogen-bond donors (Lipinski definition) is 0. The molecule has 0 saturated carbocycles. The Kier molecular flexibility index (Phi) is 17.6. The summed E-state index contributed by atoms with van der Waals surface area (Å²) in [5.74, 6) is 0. The van der Waals surface area contributed by atoms with Gasteiger partial charge in [-0.1, -0.05) is 0 Å². The van der Waals surface area contributed by atoms with Crippen LogP contribution in [-0.2, 0) is 25.8 Å². The summed E-state index contributed by atoms with van der Waals surface area (Å²) < 4.78 is 0. The van der Waals surface area contributed by atoms with E-state index in [9.17, 15) is 0 Å². The molecular weight excluding hydrogens is 418 g/mol. The third-order valence-corrected chi connectivity index (χ3v) is 1.85. The minimum Gasteiger partial charge on any atom is -1.00 e. The van der Waals surface area contributed by atoms with E-state index in [0.29, 0.717) is 0 Å². The predicted molar refractivity (Wildman–Crippen MR) is 64.3 cm³/mol. The summed E-state index contributed by atoms with van der Waals surface area (Å²) in [7, 11) is 0. The second kappa shape index (κ2) is 13.7. The Hall–Kier alpha value is -0.370. The molecule has 0 nitrogen and oxygen atoms in total. The largest absolute Gasteiger partial charge is 4.00 e. The van der Waals surface area contributed by atoms with Crippen molar-refractivity contribution in [3.8, 4) is 0 Å². The van der Waals surface area contributed by atoms with Crippen molar-refractivity contribution in [2.45, 2.75) is 0 Å². The minimum absolute atomic E-state index is 0. The summed E-state index contributed by atoms with van der Waals surface area (Å²) in [6.45, 7) is 7.21. The van der Waals surface area contributed by atoms with Crippen LogP contribution in [0.4, 0.5) is 0 Å². The molecule has 0 heterocycles. The first-order chi connectivity index (χ1) is 6.86. The molecule has 0 atom stereocenters. The van der Waals surface area contributed by atoms with E-state index in [1.54, 1.807) is 0 Å². The van der Waals surface area contributed by atoms with Gasteiger partial charge in [-0.2, -0.15) is 37.4 Å². The molecule has 0 aliphatic carbocycles. The summed E-state index contributed by atoms with van der Waals surface area (Å²) in [6, 6.07) is 16.1. The number of hydrogen-bond acceptors (Lipinski definition) is 0. The van der Waals surface area contributed by atoms with Crippen LogP contribution in [0.25, 0.3) is 12.2 Å². The Labute approximate surface area is 135 Å². The Morgan fingerprint density at radius 3 is 1.00 bits per heavy atom. The van der Waals surface area contributed by atoms with Crippen LogP contribution in [-0.4, -0.2) is 0 Å². The van der Waals surface area contributed by atoms with E-state index in [0.717, 1.165) is 0 Å². The van der Waals surface area contributed by atoms with Crippen LogP contribution in [0.5, 0.6) is 0 Å². The van der Waals surface area contributed by atoms with Gasteiger partial charge in [0.15, 0.2) is 0 Å². The van der Waals surface area contributed by atoms with Crippen LogP contribution < -0.4 is 24.8 Å². The van der Waals surface area contributed by atoms with Gasteiger partial charge in [-0.15, -0.1) is 47.5 Å². The summed E-state index contributed by atoms with van der Waals surface area (Å²) in [6.07, 6.45) is 3.67. The van der Waals surface area contributed by atoms with Gasteiger partial charge in [-0.3, -0.25) is 0 Å². The van der Waals surface area contributed by atoms with E-state index in [1.807, 2.05) is 60.7 Å². The third kappa shape index (κ3) is 9.34. The van der Waals surface area contributed by atoms with Crippen LogP contribution in [0.15, 0.2) is 61.7 Å². The number of halogens is 2. The maximum atomic E-state index is 3.60. The van der Waals surface area contributed by atoms with E-state index in [-0.39, 0.29) is 50.7 Å². The van der Waals surface area contributed by atoms with E-state index in [1.165, 1.54) is 11.1 Å². The van der Waals surface area contributed by atoms with Gasteiger partial charge in [-0.05, 0) is 0 Å². The maximum absolute atomic E-state index is 3.60. The molecule has 0 unspecified atom stereocenters. The summed E-state index contributed by atoms with van der Waals surface area (Å²) in [4.78, 5) is 0. The van der Waals surface area contributed by atoms with Crippen molar-refractivity contribution >= 4 is 12.2 Å². The van der Waals surface area contributed by atoms with Gasteiger partial charge in [-0.25, -0.2) is 0 Å². The molecule has 2 aromatic carbocycles. The zero-order chi connectivity index (χ0) is 10.2. The molecule has 0 aliphatic rings. The molecule has 17 heavy (non-hydrogen) atoms. The van der Waals surface area contributed by atoms with Gasteiger partial charge in [0.25, 0.3) is 0 Å². The van der Waals surface area contributed by atoms with Crippen molar-refractivity contribution < 1.29 is 50.7 Å². The quantitative estimate of drug-likeness (QED) is 0.385. The Balaban J connectivity index is -0.000000196. The molecule has 0 aliphatic heterocycles. The summed E-state index contributed by atoms with van der Waals surface area (Å²) in [5, 5.41) is 0. The maximum Gasteiger partial charge on any atom is 4.00 e. The molecule has 0 radical (unpaired) electrons. The van der Waals surface area contributed by atoms with Crippen LogP contribution >= 0.6 is 0 Å². The first-order valence-corrected chi connectivity index (χ1v) is 4.55. The first kappa shape index (κ1) is 21.9. The number of rotatable bonds is 2. The van der Waals surface area contributed by atoms with Crippen LogP contribution in [0.1, 0.15) is 11.1 Å².